The zero-order valence-electron chi connectivity index (χ0n) is 20.3. The molecule has 4 aromatic rings. The van der Waals surface area contributed by atoms with Gasteiger partial charge in [0.2, 0.25) is 0 Å². The number of aliphatic hydroxyl groups is 1. The van der Waals surface area contributed by atoms with E-state index in [2.05, 4.69) is 11.6 Å². The van der Waals surface area contributed by atoms with Crippen LogP contribution in [0.3, 0.4) is 0 Å². The van der Waals surface area contributed by atoms with E-state index in [1.807, 2.05) is 25.1 Å². The summed E-state index contributed by atoms with van der Waals surface area (Å²) in [6, 6.07) is 18.7. The summed E-state index contributed by atoms with van der Waals surface area (Å²) in [5.41, 5.74) is 2.76. The molecule has 8 heteroatoms. The fraction of sp³-hybridized carbons (Fsp3) is 0.138. The van der Waals surface area contributed by atoms with Gasteiger partial charge >= 0.3 is 5.91 Å². The molecule has 1 unspecified atom stereocenters. The van der Waals surface area contributed by atoms with Crippen LogP contribution in [0.4, 0.5) is 5.13 Å². The number of thiazole rings is 1. The van der Waals surface area contributed by atoms with Crippen LogP contribution in [0.15, 0.2) is 85.0 Å². The van der Waals surface area contributed by atoms with Crippen molar-refractivity contribution in [1.29, 1.82) is 0 Å². The lowest BCUT2D eigenvalue weighted by molar-refractivity contribution is -0.132. The van der Waals surface area contributed by atoms with Crippen molar-refractivity contribution in [3.8, 4) is 11.5 Å². The minimum atomic E-state index is -0.906. The number of aryl methyl sites for hydroxylation is 1. The minimum absolute atomic E-state index is 0.0218. The molecule has 37 heavy (non-hydrogen) atoms. The number of fused-ring (bicyclic) bond motifs is 1. The second-order valence-electron chi connectivity index (χ2n) is 8.54. The number of carbonyl (C=O) groups excluding carboxylic acids is 2. The number of Topliss-reactive ketones (excluding diaryl/α,β-unsaturated/α-hetero) is 1. The highest BCUT2D eigenvalue weighted by molar-refractivity contribution is 7.22. The van der Waals surface area contributed by atoms with Gasteiger partial charge < -0.3 is 14.6 Å². The number of ether oxygens (including phenoxy) is 2. The maximum atomic E-state index is 13.5. The molecule has 186 valence electrons. The Morgan fingerprint density at radius 2 is 1.89 bits per heavy atom. The molecule has 1 aliphatic rings. The fourth-order valence-electron chi connectivity index (χ4n) is 4.30. The smallest absolute Gasteiger partial charge is 0.301 e. The number of methoxy groups -OCH3 is 1. The van der Waals surface area contributed by atoms with Gasteiger partial charge in [-0.2, -0.15) is 0 Å². The predicted molar refractivity (Wildman–Crippen MR) is 144 cm³/mol. The van der Waals surface area contributed by atoms with E-state index < -0.39 is 17.7 Å². The van der Waals surface area contributed by atoms with Gasteiger partial charge in [0, 0.05) is 5.56 Å². The van der Waals surface area contributed by atoms with Crippen molar-refractivity contribution < 1.29 is 24.2 Å². The molecule has 2 heterocycles. The zero-order valence-corrected chi connectivity index (χ0v) is 21.1. The zero-order chi connectivity index (χ0) is 26.1. The summed E-state index contributed by atoms with van der Waals surface area (Å²) in [5, 5.41) is 11.7. The first-order valence-corrected chi connectivity index (χ1v) is 12.4. The Kier molecular flexibility index (Phi) is 6.50. The second-order valence-corrected chi connectivity index (χ2v) is 9.55. The van der Waals surface area contributed by atoms with Crippen LogP contribution in [-0.4, -0.2) is 35.5 Å². The number of rotatable bonds is 7. The number of anilines is 1. The van der Waals surface area contributed by atoms with E-state index >= 15 is 0 Å². The van der Waals surface area contributed by atoms with E-state index in [-0.39, 0.29) is 11.3 Å². The average molecular weight is 513 g/mol. The Morgan fingerprint density at radius 1 is 1.11 bits per heavy atom. The van der Waals surface area contributed by atoms with E-state index in [1.165, 1.54) is 16.2 Å². The summed E-state index contributed by atoms with van der Waals surface area (Å²) in [4.78, 5) is 32.9. The Hall–Kier alpha value is -4.43. The molecule has 0 bridgehead atoms. The molecular formula is C29H24N2O5S. The van der Waals surface area contributed by atoms with Crippen LogP contribution in [-0.2, 0) is 9.59 Å². The Bertz CT molecular complexity index is 1550. The molecule has 5 rings (SSSR count). The van der Waals surface area contributed by atoms with E-state index in [0.29, 0.717) is 34.4 Å². The largest absolute Gasteiger partial charge is 0.507 e. The summed E-state index contributed by atoms with van der Waals surface area (Å²) in [5.74, 6) is -0.667. The van der Waals surface area contributed by atoms with Crippen molar-refractivity contribution in [3.63, 3.8) is 0 Å². The number of hydrogen-bond acceptors (Lipinski definition) is 7. The number of carbonyl (C=O) groups is 2. The summed E-state index contributed by atoms with van der Waals surface area (Å²) in [6.07, 6.45) is 1.63. The second kappa shape index (κ2) is 9.91. The van der Waals surface area contributed by atoms with E-state index in [1.54, 1.807) is 61.7 Å². The Morgan fingerprint density at radius 3 is 2.62 bits per heavy atom. The van der Waals surface area contributed by atoms with Crippen LogP contribution >= 0.6 is 11.3 Å². The van der Waals surface area contributed by atoms with Crippen LogP contribution < -0.4 is 14.4 Å². The molecular weight excluding hydrogens is 488 g/mol. The molecule has 0 spiro atoms. The summed E-state index contributed by atoms with van der Waals surface area (Å²) >= 11 is 1.32. The number of benzene rings is 3. The van der Waals surface area contributed by atoms with Crippen LogP contribution in [0.1, 0.15) is 22.7 Å². The SMILES string of the molecule is C=CCOc1cccc(C2C(=C(O)c3ccc(OC)cc3)C(=O)C(=O)N2c2nc3ccc(C)cc3s2)c1. The van der Waals surface area contributed by atoms with Crippen molar-refractivity contribution in [3.05, 3.63) is 102 Å². The van der Waals surface area contributed by atoms with Gasteiger partial charge in [0.15, 0.2) is 5.13 Å². The van der Waals surface area contributed by atoms with E-state index in [4.69, 9.17) is 9.47 Å². The lowest BCUT2D eigenvalue weighted by atomic mass is 9.95. The number of hydrogen-bond donors (Lipinski definition) is 1. The first-order valence-electron chi connectivity index (χ1n) is 11.6. The molecule has 0 radical (unpaired) electrons. The van der Waals surface area contributed by atoms with Crippen LogP contribution in [0.2, 0.25) is 0 Å². The highest BCUT2D eigenvalue weighted by atomic mass is 32.1. The standard InChI is InChI=1S/C29H24N2O5S/c1-4-14-36-21-7-5-6-19(16-21)25-24(26(32)18-9-11-20(35-3)12-10-18)27(33)28(34)31(25)29-30-22-13-8-17(2)15-23(22)37-29/h4-13,15-16,25,32H,1,14H2,2-3H3. The summed E-state index contributed by atoms with van der Waals surface area (Å²) < 4.78 is 11.8. The van der Waals surface area contributed by atoms with Gasteiger partial charge in [0.25, 0.3) is 5.78 Å². The molecule has 1 fully saturated rings. The third-order valence-corrected chi connectivity index (χ3v) is 7.11. The van der Waals surface area contributed by atoms with Crippen molar-refractivity contribution in [1.82, 2.24) is 4.98 Å². The minimum Gasteiger partial charge on any atom is -0.507 e. The number of aromatic nitrogens is 1. The highest BCUT2D eigenvalue weighted by Gasteiger charge is 2.48. The molecule has 1 aromatic heterocycles. The molecule has 1 saturated heterocycles. The van der Waals surface area contributed by atoms with E-state index in [0.717, 1.165) is 15.8 Å². The van der Waals surface area contributed by atoms with Crippen molar-refractivity contribution in [2.45, 2.75) is 13.0 Å². The Labute approximate surface area is 217 Å². The van der Waals surface area contributed by atoms with Crippen molar-refractivity contribution >= 4 is 44.1 Å². The number of nitrogens with zero attached hydrogens (tertiary/aromatic N) is 2. The maximum Gasteiger partial charge on any atom is 0.301 e. The van der Waals surface area contributed by atoms with Crippen molar-refractivity contribution in [2.24, 2.45) is 0 Å². The first kappa shape index (κ1) is 24.3. The quantitative estimate of drug-likeness (QED) is 0.146. The van der Waals surface area contributed by atoms with E-state index in [9.17, 15) is 14.7 Å². The molecule has 1 amide bonds. The third-order valence-electron chi connectivity index (χ3n) is 6.09. The van der Waals surface area contributed by atoms with Crippen molar-refractivity contribution in [2.75, 3.05) is 18.6 Å². The van der Waals surface area contributed by atoms with Gasteiger partial charge in [0.1, 0.15) is 23.9 Å². The molecule has 1 atom stereocenters. The van der Waals surface area contributed by atoms with Crippen LogP contribution in [0.5, 0.6) is 11.5 Å². The predicted octanol–water partition coefficient (Wildman–Crippen LogP) is 5.80. The first-order chi connectivity index (χ1) is 17.9. The van der Waals surface area contributed by atoms with Gasteiger partial charge in [-0.05, 0) is 66.6 Å². The number of amides is 1. The third kappa shape index (κ3) is 4.47. The monoisotopic (exact) mass is 512 g/mol. The summed E-state index contributed by atoms with van der Waals surface area (Å²) in [6.45, 7) is 5.96. The Balaban J connectivity index is 1.70. The molecule has 7 nitrogen and oxygen atoms in total. The van der Waals surface area contributed by atoms with Gasteiger partial charge in [-0.1, -0.05) is 42.2 Å². The van der Waals surface area contributed by atoms with Crippen LogP contribution in [0, 0.1) is 6.92 Å². The molecule has 0 saturated carbocycles. The van der Waals surface area contributed by atoms with Gasteiger partial charge in [0.05, 0.1) is 28.9 Å². The van der Waals surface area contributed by atoms with Gasteiger partial charge in [-0.3, -0.25) is 14.5 Å². The average Bonchev–Trinajstić information content (AvgIpc) is 3.44. The summed E-state index contributed by atoms with van der Waals surface area (Å²) in [7, 11) is 1.54. The number of ketones is 1. The fourth-order valence-corrected chi connectivity index (χ4v) is 5.39. The van der Waals surface area contributed by atoms with Crippen LogP contribution in [0.25, 0.3) is 16.0 Å². The lowest BCUT2D eigenvalue weighted by Crippen LogP contribution is -2.29. The lowest BCUT2D eigenvalue weighted by Gasteiger charge is -2.23. The topological polar surface area (TPSA) is 89.0 Å². The normalized spacial score (nSPS) is 16.8. The molecule has 1 N–H and O–H groups in total. The number of aliphatic hydroxyl groups excluding tert-OH is 1. The molecule has 3 aromatic carbocycles. The maximum absolute atomic E-state index is 13.5. The van der Waals surface area contributed by atoms with Gasteiger partial charge in [-0.15, -0.1) is 0 Å². The van der Waals surface area contributed by atoms with Gasteiger partial charge in [-0.25, -0.2) is 4.98 Å². The molecule has 1 aliphatic heterocycles. The molecule has 0 aliphatic carbocycles. The highest BCUT2D eigenvalue weighted by Crippen LogP contribution is 2.45.